The lowest BCUT2D eigenvalue weighted by atomic mass is 9.87. The molecule has 1 N–H and O–H groups in total. The molecule has 1 aromatic carbocycles. The third-order valence-electron chi connectivity index (χ3n) is 7.05. The minimum absolute atomic E-state index is 0.0125. The van der Waals surface area contributed by atoms with Crippen LogP contribution in [0.15, 0.2) is 67.1 Å². The predicted octanol–water partition coefficient (Wildman–Crippen LogP) is 3.40. The third kappa shape index (κ3) is 5.58. The number of amides is 3. The van der Waals surface area contributed by atoms with Crippen LogP contribution in [0.25, 0.3) is 0 Å². The predicted molar refractivity (Wildman–Crippen MR) is 141 cm³/mol. The van der Waals surface area contributed by atoms with E-state index in [9.17, 15) is 33.7 Å². The maximum Gasteiger partial charge on any atom is 0.252 e. The van der Waals surface area contributed by atoms with Gasteiger partial charge in [0.1, 0.15) is 24.0 Å². The zero-order valence-electron chi connectivity index (χ0n) is 21.6. The molecule has 0 spiro atoms. The van der Waals surface area contributed by atoms with E-state index in [1.165, 1.54) is 41.7 Å². The molecule has 206 valence electrons. The molecule has 1 aliphatic carbocycles. The number of anilines is 2. The molecule has 5 rings (SSSR count). The average molecular weight is 556 g/mol. The van der Waals surface area contributed by atoms with Crippen LogP contribution in [-0.4, -0.2) is 45.7 Å². The van der Waals surface area contributed by atoms with Crippen molar-refractivity contribution in [2.75, 3.05) is 9.80 Å². The highest BCUT2D eigenvalue weighted by Crippen LogP contribution is 2.39. The van der Waals surface area contributed by atoms with Gasteiger partial charge in [-0.3, -0.25) is 29.2 Å². The Kier molecular flexibility index (Phi) is 7.40. The van der Waals surface area contributed by atoms with Crippen LogP contribution in [0.1, 0.15) is 48.4 Å². The summed E-state index contributed by atoms with van der Waals surface area (Å²) >= 11 is 0. The third-order valence-corrected chi connectivity index (χ3v) is 7.05. The Balaban J connectivity index is 1.60. The molecule has 2 atom stereocenters. The normalized spacial score (nSPS) is 18.5. The van der Waals surface area contributed by atoms with Gasteiger partial charge in [0.25, 0.3) is 11.8 Å². The first-order chi connectivity index (χ1) is 19.7. The van der Waals surface area contributed by atoms with E-state index in [-0.39, 0.29) is 35.5 Å². The lowest BCUT2D eigenvalue weighted by Gasteiger charge is -2.39. The van der Waals surface area contributed by atoms with Crippen molar-refractivity contribution < 1.29 is 23.2 Å². The number of hydrogen-bond donors (Lipinski definition) is 1. The number of aromatic nitrogens is 2. The number of benzene rings is 1. The fourth-order valence-electron chi connectivity index (χ4n) is 5.11. The molecular weight excluding hydrogens is 532 g/mol. The molecule has 1 aliphatic heterocycles. The molecule has 1 saturated carbocycles. The average Bonchev–Trinajstić information content (AvgIpc) is 3.36. The Morgan fingerprint density at radius 3 is 2.49 bits per heavy atom. The quantitative estimate of drug-likeness (QED) is 0.471. The minimum Gasteiger partial charge on any atom is -0.351 e. The van der Waals surface area contributed by atoms with Crippen LogP contribution >= 0.6 is 0 Å². The second-order valence-electron chi connectivity index (χ2n) is 9.87. The van der Waals surface area contributed by atoms with Crippen molar-refractivity contribution in [3.63, 3.8) is 0 Å². The van der Waals surface area contributed by atoms with Gasteiger partial charge in [0.2, 0.25) is 11.8 Å². The molecule has 41 heavy (non-hydrogen) atoms. The van der Waals surface area contributed by atoms with Crippen LogP contribution in [0.2, 0.25) is 0 Å². The number of nitriles is 2. The second kappa shape index (κ2) is 11.1. The van der Waals surface area contributed by atoms with Gasteiger partial charge in [-0.25, -0.2) is 13.8 Å². The van der Waals surface area contributed by atoms with E-state index in [0.717, 1.165) is 4.90 Å². The molecule has 3 aromatic rings. The van der Waals surface area contributed by atoms with Crippen LogP contribution in [0, 0.1) is 22.7 Å². The van der Waals surface area contributed by atoms with Gasteiger partial charge in [0.15, 0.2) is 0 Å². The monoisotopic (exact) mass is 555 g/mol. The molecule has 2 fully saturated rings. The molecule has 1 saturated heterocycles. The Bertz CT molecular complexity index is 1580. The largest absolute Gasteiger partial charge is 0.351 e. The zero-order valence-corrected chi connectivity index (χ0v) is 21.6. The van der Waals surface area contributed by atoms with E-state index in [4.69, 9.17) is 0 Å². The van der Waals surface area contributed by atoms with Crippen molar-refractivity contribution >= 4 is 29.2 Å². The highest BCUT2D eigenvalue weighted by atomic mass is 19.3. The summed E-state index contributed by atoms with van der Waals surface area (Å²) in [4.78, 5) is 51.9. The van der Waals surface area contributed by atoms with E-state index in [1.54, 1.807) is 30.3 Å². The van der Waals surface area contributed by atoms with Crippen LogP contribution in [0.3, 0.4) is 0 Å². The van der Waals surface area contributed by atoms with E-state index in [2.05, 4.69) is 15.3 Å². The van der Waals surface area contributed by atoms with E-state index >= 15 is 0 Å². The Labute approximate surface area is 233 Å². The van der Waals surface area contributed by atoms with Gasteiger partial charge in [0.05, 0.1) is 29.1 Å². The van der Waals surface area contributed by atoms with Crippen molar-refractivity contribution in [3.8, 4) is 12.1 Å². The topological polar surface area (TPSA) is 143 Å². The van der Waals surface area contributed by atoms with Crippen LogP contribution in [0.5, 0.6) is 0 Å². The van der Waals surface area contributed by atoms with Crippen LogP contribution in [-0.2, 0) is 14.4 Å². The number of pyridine rings is 2. The van der Waals surface area contributed by atoms with Gasteiger partial charge in [0, 0.05) is 37.7 Å². The summed E-state index contributed by atoms with van der Waals surface area (Å²) in [7, 11) is 0. The van der Waals surface area contributed by atoms with Crippen molar-refractivity contribution in [2.45, 2.75) is 49.7 Å². The summed E-state index contributed by atoms with van der Waals surface area (Å²) < 4.78 is 27.2. The smallest absolute Gasteiger partial charge is 0.252 e. The Hall–Kier alpha value is -5.23. The van der Waals surface area contributed by atoms with E-state index < -0.39 is 54.6 Å². The number of nitrogens with zero attached hydrogens (tertiary/aromatic N) is 6. The molecular formula is C29H23F2N7O3. The fraction of sp³-hybridized carbons (Fsp3) is 0.276. The number of hydrogen-bond acceptors (Lipinski definition) is 7. The molecule has 0 bridgehead atoms. The number of carbonyl (C=O) groups is 3. The van der Waals surface area contributed by atoms with Crippen LogP contribution < -0.4 is 15.1 Å². The first-order valence-electron chi connectivity index (χ1n) is 12.8. The van der Waals surface area contributed by atoms with Crippen molar-refractivity contribution in [1.29, 1.82) is 10.5 Å². The van der Waals surface area contributed by atoms with E-state index in [0.29, 0.717) is 5.56 Å². The molecule has 2 aromatic heterocycles. The first kappa shape index (κ1) is 27.3. The number of alkyl halides is 2. The highest BCUT2D eigenvalue weighted by Gasteiger charge is 2.48. The van der Waals surface area contributed by atoms with Gasteiger partial charge < -0.3 is 5.32 Å². The van der Waals surface area contributed by atoms with E-state index in [1.807, 2.05) is 12.1 Å². The van der Waals surface area contributed by atoms with Crippen LogP contribution in [0.4, 0.5) is 20.3 Å². The molecule has 10 nitrogen and oxygen atoms in total. The summed E-state index contributed by atoms with van der Waals surface area (Å²) in [6.07, 6.45) is 3.03. The summed E-state index contributed by atoms with van der Waals surface area (Å²) in [5, 5.41) is 21.5. The summed E-state index contributed by atoms with van der Waals surface area (Å²) in [6, 6.07) is 13.3. The van der Waals surface area contributed by atoms with Gasteiger partial charge in [-0.15, -0.1) is 0 Å². The SMILES string of the molecule is N#Cc1cncc(N(C(=O)[C@@H]2CCC(=O)N2c2cc(C#N)ccn2)[C@H](C(=O)NC2CC(F)(F)C2)c2ccccc2)c1. The highest BCUT2D eigenvalue weighted by molar-refractivity contribution is 6.10. The standard InChI is InChI=1S/C29H23F2N7O3/c30-29(31)12-21(13-29)36-27(40)26(20-4-2-1-3-5-20)37(22-10-19(15-33)16-34-17-22)28(41)23-6-7-25(39)38(23)24-11-18(14-32)8-9-35-24/h1-5,8-11,16-17,21,23,26H,6-7,12-13H2,(H,36,40)/t23-,26-/m0/s1. The number of halogens is 2. The molecule has 12 heteroatoms. The van der Waals surface area contributed by atoms with Gasteiger partial charge in [-0.05, 0) is 30.2 Å². The van der Waals surface area contributed by atoms with Crippen molar-refractivity contribution in [1.82, 2.24) is 15.3 Å². The maximum atomic E-state index is 14.4. The summed E-state index contributed by atoms with van der Waals surface area (Å²) in [5.74, 6) is -4.54. The Morgan fingerprint density at radius 1 is 1.07 bits per heavy atom. The molecule has 2 aliphatic rings. The van der Waals surface area contributed by atoms with Gasteiger partial charge >= 0.3 is 0 Å². The lowest BCUT2D eigenvalue weighted by molar-refractivity contribution is -0.133. The lowest BCUT2D eigenvalue weighted by Crippen LogP contribution is -2.56. The Morgan fingerprint density at radius 2 is 1.80 bits per heavy atom. The molecule has 3 heterocycles. The minimum atomic E-state index is -2.88. The van der Waals surface area contributed by atoms with Gasteiger partial charge in [-0.1, -0.05) is 30.3 Å². The maximum absolute atomic E-state index is 14.4. The zero-order chi connectivity index (χ0) is 29.1. The van der Waals surface area contributed by atoms with Gasteiger partial charge in [-0.2, -0.15) is 10.5 Å². The fourth-order valence-corrected chi connectivity index (χ4v) is 5.11. The molecule has 0 unspecified atom stereocenters. The number of carbonyl (C=O) groups excluding carboxylic acids is 3. The summed E-state index contributed by atoms with van der Waals surface area (Å²) in [5.41, 5.74) is 0.846. The second-order valence-corrected chi connectivity index (χ2v) is 9.87. The molecule has 0 radical (unpaired) electrons. The summed E-state index contributed by atoms with van der Waals surface area (Å²) in [6.45, 7) is 0. The first-order valence-corrected chi connectivity index (χ1v) is 12.8. The number of nitrogens with one attached hydrogen (secondary N) is 1. The van der Waals surface area contributed by atoms with Crippen molar-refractivity contribution in [3.05, 3.63) is 83.8 Å². The number of rotatable bonds is 7. The molecule has 3 amide bonds. The van der Waals surface area contributed by atoms with Crippen molar-refractivity contribution in [2.24, 2.45) is 0 Å².